The molecule has 6 heteroatoms. The van der Waals surface area contributed by atoms with E-state index in [4.69, 9.17) is 4.74 Å². The molecule has 0 spiro atoms. The molecule has 27 heavy (non-hydrogen) atoms. The molecule has 1 aliphatic carbocycles. The molecule has 1 aromatic rings. The molecule has 0 bridgehead atoms. The highest BCUT2D eigenvalue weighted by Crippen LogP contribution is 2.43. The van der Waals surface area contributed by atoms with Crippen LogP contribution in [0.1, 0.15) is 58.4 Å². The van der Waals surface area contributed by atoms with Crippen molar-refractivity contribution in [3.63, 3.8) is 0 Å². The van der Waals surface area contributed by atoms with Crippen molar-refractivity contribution in [1.29, 1.82) is 5.26 Å². The van der Waals surface area contributed by atoms with Gasteiger partial charge >= 0.3 is 6.09 Å². The maximum absolute atomic E-state index is 12.8. The predicted octanol–water partition coefficient (Wildman–Crippen LogP) is 3.65. The van der Waals surface area contributed by atoms with Crippen molar-refractivity contribution in [2.75, 3.05) is 11.4 Å². The number of nitrogens with zero attached hydrogens (tertiary/aromatic N) is 2. The van der Waals surface area contributed by atoms with Crippen LogP contribution in [0.3, 0.4) is 0 Å². The van der Waals surface area contributed by atoms with Gasteiger partial charge in [-0.2, -0.15) is 5.26 Å². The monoisotopic (exact) mass is 369 g/mol. The summed E-state index contributed by atoms with van der Waals surface area (Å²) in [4.78, 5) is 26.5. The molecule has 1 heterocycles. The van der Waals surface area contributed by atoms with E-state index < -0.39 is 17.7 Å². The topological polar surface area (TPSA) is 82.4 Å². The van der Waals surface area contributed by atoms with E-state index in [2.05, 4.69) is 11.4 Å². The van der Waals surface area contributed by atoms with Gasteiger partial charge in [0.25, 0.3) is 0 Å². The third kappa shape index (κ3) is 4.08. The molecular weight excluding hydrogens is 342 g/mol. The Hall–Kier alpha value is -2.55. The number of nitrogens with one attached hydrogen (secondary N) is 1. The Morgan fingerprint density at radius 2 is 1.93 bits per heavy atom. The maximum Gasteiger partial charge on any atom is 0.408 e. The van der Waals surface area contributed by atoms with Gasteiger partial charge in [0.2, 0.25) is 5.91 Å². The van der Waals surface area contributed by atoms with Crippen LogP contribution in [-0.2, 0) is 14.9 Å². The van der Waals surface area contributed by atoms with Crippen molar-refractivity contribution < 1.29 is 14.3 Å². The highest BCUT2D eigenvalue weighted by Gasteiger charge is 2.39. The van der Waals surface area contributed by atoms with E-state index in [1.807, 2.05) is 24.3 Å². The van der Waals surface area contributed by atoms with Gasteiger partial charge in [-0.15, -0.1) is 0 Å². The molecular formula is C21H27N3O3. The van der Waals surface area contributed by atoms with Crippen LogP contribution in [0.25, 0.3) is 0 Å². The first-order valence-corrected chi connectivity index (χ1v) is 9.57. The van der Waals surface area contributed by atoms with Crippen molar-refractivity contribution in [2.45, 2.75) is 69.9 Å². The zero-order chi connectivity index (χ0) is 19.7. The van der Waals surface area contributed by atoms with Gasteiger partial charge in [0.1, 0.15) is 11.6 Å². The van der Waals surface area contributed by atoms with Gasteiger partial charge in [-0.25, -0.2) is 4.79 Å². The average molecular weight is 369 g/mol. The highest BCUT2D eigenvalue weighted by molar-refractivity contribution is 5.99. The van der Waals surface area contributed by atoms with Crippen LogP contribution in [0, 0.1) is 11.3 Å². The molecule has 6 nitrogen and oxygen atoms in total. The summed E-state index contributed by atoms with van der Waals surface area (Å²) in [5.74, 6) is -0.126. The molecule has 144 valence electrons. The zero-order valence-corrected chi connectivity index (χ0v) is 16.2. The Labute approximate surface area is 160 Å². The summed E-state index contributed by atoms with van der Waals surface area (Å²) < 4.78 is 5.26. The molecule has 1 aromatic carbocycles. The number of ether oxygens (including phenoxy) is 1. The molecule has 0 radical (unpaired) electrons. The number of carbonyl (C=O) groups excluding carboxylic acids is 2. The maximum atomic E-state index is 12.8. The quantitative estimate of drug-likeness (QED) is 0.881. The second kappa shape index (κ2) is 7.22. The fraction of sp³-hybridized carbons (Fsp3) is 0.571. The van der Waals surface area contributed by atoms with Crippen LogP contribution in [0.2, 0.25) is 0 Å². The molecule has 2 fully saturated rings. The third-order valence-electron chi connectivity index (χ3n) is 5.28. The molecule has 0 aromatic heterocycles. The number of benzene rings is 1. The minimum Gasteiger partial charge on any atom is -0.444 e. The fourth-order valence-corrected chi connectivity index (χ4v) is 3.67. The van der Waals surface area contributed by atoms with Gasteiger partial charge in [-0.3, -0.25) is 4.79 Å². The minimum atomic E-state index is -0.602. The van der Waals surface area contributed by atoms with Crippen LogP contribution >= 0.6 is 0 Å². The minimum absolute atomic E-state index is 0.126. The lowest BCUT2D eigenvalue weighted by atomic mass is 9.65. The lowest BCUT2D eigenvalue weighted by Gasteiger charge is -2.36. The van der Waals surface area contributed by atoms with E-state index >= 15 is 0 Å². The van der Waals surface area contributed by atoms with Crippen molar-refractivity contribution >= 4 is 17.7 Å². The molecule has 1 aliphatic heterocycles. The van der Waals surface area contributed by atoms with Crippen LogP contribution < -0.4 is 10.2 Å². The lowest BCUT2D eigenvalue weighted by Crippen LogP contribution is -2.53. The Kier molecular flexibility index (Phi) is 5.14. The number of piperidine rings is 1. The summed E-state index contributed by atoms with van der Waals surface area (Å²) in [5.41, 5.74) is 0.862. The molecule has 1 atom stereocenters. The van der Waals surface area contributed by atoms with E-state index in [-0.39, 0.29) is 11.3 Å². The standard InChI is InChI=1S/C21H27N3O3/c1-20(2,3)27-19(26)23-17-6-4-13-24(18(17)25)16-9-7-15(8-10-16)21(14-22)11-5-12-21/h7-10,17H,4-6,11-13H2,1-3H3,(H,23,26). The lowest BCUT2D eigenvalue weighted by molar-refractivity contribution is -0.121. The molecule has 1 saturated heterocycles. The Morgan fingerprint density at radius 1 is 1.26 bits per heavy atom. The third-order valence-corrected chi connectivity index (χ3v) is 5.28. The number of amides is 2. The van der Waals surface area contributed by atoms with Gasteiger partial charge in [0, 0.05) is 12.2 Å². The SMILES string of the molecule is CC(C)(C)OC(=O)NC1CCCN(c2ccc(C3(C#N)CCC3)cc2)C1=O. The summed E-state index contributed by atoms with van der Waals surface area (Å²) in [7, 11) is 0. The zero-order valence-electron chi connectivity index (χ0n) is 16.2. The van der Waals surface area contributed by atoms with Crippen molar-refractivity contribution in [1.82, 2.24) is 5.32 Å². The molecule has 1 saturated carbocycles. The van der Waals surface area contributed by atoms with Gasteiger partial charge in [0.05, 0.1) is 11.5 Å². The predicted molar refractivity (Wildman–Crippen MR) is 102 cm³/mol. The van der Waals surface area contributed by atoms with Gasteiger partial charge in [0.15, 0.2) is 0 Å². The summed E-state index contributed by atoms with van der Waals surface area (Å²) in [6.07, 6.45) is 3.71. The number of hydrogen-bond acceptors (Lipinski definition) is 4. The van der Waals surface area contributed by atoms with Gasteiger partial charge < -0.3 is 15.0 Å². The molecule has 3 rings (SSSR count). The summed E-state index contributed by atoms with van der Waals surface area (Å²) in [5, 5.41) is 12.2. The molecule has 1 N–H and O–H groups in total. The van der Waals surface area contributed by atoms with Gasteiger partial charge in [-0.1, -0.05) is 12.1 Å². The summed E-state index contributed by atoms with van der Waals surface area (Å²) in [6.45, 7) is 5.99. The van der Waals surface area contributed by atoms with Gasteiger partial charge in [-0.05, 0) is 70.6 Å². The van der Waals surface area contributed by atoms with Crippen molar-refractivity contribution in [2.24, 2.45) is 0 Å². The first kappa shape index (κ1) is 19.2. The van der Waals surface area contributed by atoms with Crippen LogP contribution in [0.4, 0.5) is 10.5 Å². The van der Waals surface area contributed by atoms with E-state index in [9.17, 15) is 14.9 Å². The van der Waals surface area contributed by atoms with E-state index in [1.165, 1.54) is 0 Å². The van der Waals surface area contributed by atoms with Crippen molar-refractivity contribution in [3.05, 3.63) is 29.8 Å². The normalized spacial score (nSPS) is 21.8. The average Bonchev–Trinajstić information content (AvgIpc) is 2.55. The molecule has 1 unspecified atom stereocenters. The van der Waals surface area contributed by atoms with Crippen LogP contribution in [0.15, 0.2) is 24.3 Å². The molecule has 2 amide bonds. The number of alkyl carbamates (subject to hydrolysis) is 1. The first-order chi connectivity index (χ1) is 12.7. The largest absolute Gasteiger partial charge is 0.444 e. The smallest absolute Gasteiger partial charge is 0.408 e. The second-order valence-electron chi connectivity index (χ2n) is 8.43. The summed E-state index contributed by atoms with van der Waals surface area (Å²) in [6, 6.07) is 9.58. The Bertz CT molecular complexity index is 754. The van der Waals surface area contributed by atoms with Crippen LogP contribution in [-0.4, -0.2) is 30.2 Å². The number of hydrogen-bond donors (Lipinski definition) is 1. The number of rotatable bonds is 3. The van der Waals surface area contributed by atoms with Crippen LogP contribution in [0.5, 0.6) is 0 Å². The number of nitriles is 1. The molecule has 2 aliphatic rings. The second-order valence-corrected chi connectivity index (χ2v) is 8.43. The summed E-state index contributed by atoms with van der Waals surface area (Å²) >= 11 is 0. The number of anilines is 1. The number of carbonyl (C=O) groups is 2. The Balaban J connectivity index is 1.69. The fourth-order valence-electron chi connectivity index (χ4n) is 3.67. The van der Waals surface area contributed by atoms with E-state index in [0.29, 0.717) is 13.0 Å². The van der Waals surface area contributed by atoms with Crippen molar-refractivity contribution in [3.8, 4) is 6.07 Å². The van der Waals surface area contributed by atoms with E-state index in [0.717, 1.165) is 36.9 Å². The van der Waals surface area contributed by atoms with E-state index in [1.54, 1.807) is 25.7 Å². The highest BCUT2D eigenvalue weighted by atomic mass is 16.6. The Morgan fingerprint density at radius 3 is 2.44 bits per heavy atom. The first-order valence-electron chi connectivity index (χ1n) is 9.57.